The quantitative estimate of drug-likeness (QED) is 0.519. The molecule has 2 rings (SSSR count). The number of nitrogen functional groups attached to an aromatic ring is 1. The van der Waals surface area contributed by atoms with E-state index in [0.29, 0.717) is 18.2 Å². The number of hydrogen-bond donors (Lipinski definition) is 3. The molecule has 0 aliphatic carbocycles. The molecule has 7 heteroatoms. The lowest BCUT2D eigenvalue weighted by Crippen LogP contribution is -2.11. The molecule has 17 heavy (non-hydrogen) atoms. The third kappa shape index (κ3) is 3.08. The van der Waals surface area contributed by atoms with Gasteiger partial charge < -0.3 is 10.7 Å². The van der Waals surface area contributed by atoms with Gasteiger partial charge in [0, 0.05) is 6.20 Å². The van der Waals surface area contributed by atoms with Crippen LogP contribution in [0.5, 0.6) is 0 Å². The number of aromatic nitrogens is 4. The Hall–Kier alpha value is -2.28. The molecular formula is C10H13N7. The first-order chi connectivity index (χ1) is 8.28. The molecule has 0 unspecified atom stereocenters. The molecule has 88 valence electrons. The Morgan fingerprint density at radius 3 is 2.82 bits per heavy atom. The summed E-state index contributed by atoms with van der Waals surface area (Å²) in [5.41, 5.74) is 3.33. The van der Waals surface area contributed by atoms with Gasteiger partial charge >= 0.3 is 0 Å². The second-order valence-corrected chi connectivity index (χ2v) is 3.38. The van der Waals surface area contributed by atoms with Crippen LogP contribution in [0.25, 0.3) is 0 Å². The summed E-state index contributed by atoms with van der Waals surface area (Å²) < 4.78 is 0. The van der Waals surface area contributed by atoms with E-state index < -0.39 is 0 Å². The molecule has 0 atom stereocenters. The van der Waals surface area contributed by atoms with Crippen molar-refractivity contribution in [2.24, 2.45) is 5.84 Å². The van der Waals surface area contributed by atoms with Crippen LogP contribution < -0.4 is 16.6 Å². The van der Waals surface area contributed by atoms with Crippen LogP contribution in [-0.2, 0) is 6.54 Å². The zero-order valence-electron chi connectivity index (χ0n) is 9.38. The second-order valence-electron chi connectivity index (χ2n) is 3.38. The highest BCUT2D eigenvalue weighted by Gasteiger charge is 1.99. The zero-order valence-corrected chi connectivity index (χ0v) is 9.38. The van der Waals surface area contributed by atoms with Gasteiger partial charge in [-0.15, -0.1) is 0 Å². The lowest BCUT2D eigenvalue weighted by Gasteiger charge is -2.06. The van der Waals surface area contributed by atoms with Crippen LogP contribution in [0, 0.1) is 6.92 Å². The van der Waals surface area contributed by atoms with E-state index in [1.807, 2.05) is 13.0 Å². The summed E-state index contributed by atoms with van der Waals surface area (Å²) in [5.74, 6) is 7.13. The van der Waals surface area contributed by atoms with Crippen LogP contribution in [0.1, 0.15) is 11.5 Å². The maximum atomic E-state index is 5.24. The lowest BCUT2D eigenvalue weighted by atomic mass is 10.4. The van der Waals surface area contributed by atoms with Gasteiger partial charge in [-0.1, -0.05) is 0 Å². The third-order valence-corrected chi connectivity index (χ3v) is 2.07. The maximum Gasteiger partial charge on any atom is 0.160 e. The van der Waals surface area contributed by atoms with Crippen LogP contribution in [0.2, 0.25) is 0 Å². The van der Waals surface area contributed by atoms with Gasteiger partial charge in [-0.3, -0.25) is 4.98 Å². The third-order valence-electron chi connectivity index (χ3n) is 2.07. The Labute approximate surface area is 98.5 Å². The molecule has 0 bridgehead atoms. The Bertz CT molecular complexity index is 500. The van der Waals surface area contributed by atoms with Crippen LogP contribution in [0.4, 0.5) is 11.6 Å². The summed E-state index contributed by atoms with van der Waals surface area (Å²) >= 11 is 0. The molecule has 2 heterocycles. The van der Waals surface area contributed by atoms with Crippen molar-refractivity contribution in [1.29, 1.82) is 0 Å². The van der Waals surface area contributed by atoms with E-state index in [1.54, 1.807) is 18.6 Å². The first-order valence-electron chi connectivity index (χ1n) is 5.09. The molecule has 2 aromatic heterocycles. The largest absolute Gasteiger partial charge is 0.363 e. The minimum atomic E-state index is 0.508. The van der Waals surface area contributed by atoms with Crippen LogP contribution in [-0.4, -0.2) is 19.9 Å². The molecular weight excluding hydrogens is 218 g/mol. The monoisotopic (exact) mass is 231 g/mol. The van der Waals surface area contributed by atoms with Gasteiger partial charge in [0.2, 0.25) is 0 Å². The minimum Gasteiger partial charge on any atom is -0.363 e. The van der Waals surface area contributed by atoms with E-state index in [0.717, 1.165) is 11.5 Å². The van der Waals surface area contributed by atoms with Crippen LogP contribution in [0.3, 0.4) is 0 Å². The molecule has 0 saturated carbocycles. The van der Waals surface area contributed by atoms with Crippen molar-refractivity contribution in [1.82, 2.24) is 19.9 Å². The summed E-state index contributed by atoms with van der Waals surface area (Å²) in [6.45, 7) is 2.41. The minimum absolute atomic E-state index is 0.508. The summed E-state index contributed by atoms with van der Waals surface area (Å²) in [7, 11) is 0. The molecule has 2 aromatic rings. The lowest BCUT2D eigenvalue weighted by molar-refractivity contribution is 0.947. The van der Waals surface area contributed by atoms with Gasteiger partial charge in [0.1, 0.15) is 11.6 Å². The molecule has 0 amide bonds. The number of hydrogen-bond acceptors (Lipinski definition) is 7. The van der Waals surface area contributed by atoms with Crippen molar-refractivity contribution in [2.45, 2.75) is 13.5 Å². The SMILES string of the molecule is Cc1nccc(CNc2cncc(NN)n2)n1. The fourth-order valence-electron chi connectivity index (χ4n) is 1.31. The van der Waals surface area contributed by atoms with Crippen molar-refractivity contribution in [2.75, 3.05) is 10.7 Å². The van der Waals surface area contributed by atoms with E-state index >= 15 is 0 Å². The normalized spacial score (nSPS) is 10.0. The van der Waals surface area contributed by atoms with Crippen molar-refractivity contribution in [3.63, 3.8) is 0 Å². The smallest absolute Gasteiger partial charge is 0.160 e. The fourth-order valence-corrected chi connectivity index (χ4v) is 1.31. The first-order valence-corrected chi connectivity index (χ1v) is 5.09. The first kappa shape index (κ1) is 11.2. The van der Waals surface area contributed by atoms with Gasteiger partial charge in [0.25, 0.3) is 0 Å². The van der Waals surface area contributed by atoms with E-state index in [4.69, 9.17) is 5.84 Å². The van der Waals surface area contributed by atoms with Gasteiger partial charge in [-0.05, 0) is 13.0 Å². The number of hydrazine groups is 1. The van der Waals surface area contributed by atoms with Gasteiger partial charge in [-0.25, -0.2) is 20.8 Å². The molecule has 7 nitrogen and oxygen atoms in total. The summed E-state index contributed by atoms with van der Waals surface area (Å²) in [5, 5.41) is 3.10. The topological polar surface area (TPSA) is 102 Å². The Kier molecular flexibility index (Phi) is 3.41. The molecule has 0 aliphatic heterocycles. The molecule has 0 fully saturated rings. The molecule has 4 N–H and O–H groups in total. The van der Waals surface area contributed by atoms with Crippen LogP contribution >= 0.6 is 0 Å². The summed E-state index contributed by atoms with van der Waals surface area (Å²) in [6, 6.07) is 1.85. The van der Waals surface area contributed by atoms with Crippen molar-refractivity contribution in [3.8, 4) is 0 Å². The Morgan fingerprint density at radius 1 is 1.24 bits per heavy atom. The average Bonchev–Trinajstić information content (AvgIpc) is 2.37. The Balaban J connectivity index is 2.02. The van der Waals surface area contributed by atoms with Crippen molar-refractivity contribution < 1.29 is 0 Å². The molecule has 0 aliphatic rings. The maximum absolute atomic E-state index is 5.24. The van der Waals surface area contributed by atoms with Gasteiger partial charge in [0.15, 0.2) is 5.82 Å². The number of nitrogens with two attached hydrogens (primary N) is 1. The second kappa shape index (κ2) is 5.17. The molecule has 0 radical (unpaired) electrons. The van der Waals surface area contributed by atoms with Gasteiger partial charge in [0.05, 0.1) is 24.6 Å². The van der Waals surface area contributed by atoms with Crippen LogP contribution in [0.15, 0.2) is 24.7 Å². The van der Waals surface area contributed by atoms with Gasteiger partial charge in [-0.2, -0.15) is 0 Å². The summed E-state index contributed by atoms with van der Waals surface area (Å²) in [6.07, 6.45) is 4.89. The highest BCUT2D eigenvalue weighted by molar-refractivity contribution is 5.40. The number of rotatable bonds is 4. The molecule has 0 aromatic carbocycles. The predicted octanol–water partition coefficient (Wildman–Crippen LogP) is 0.473. The molecule has 0 spiro atoms. The average molecular weight is 231 g/mol. The van der Waals surface area contributed by atoms with E-state index in [2.05, 4.69) is 30.7 Å². The number of aryl methyl sites for hydroxylation is 1. The van der Waals surface area contributed by atoms with E-state index in [-0.39, 0.29) is 0 Å². The zero-order chi connectivity index (χ0) is 12.1. The van der Waals surface area contributed by atoms with E-state index in [9.17, 15) is 0 Å². The standard InChI is InChI=1S/C10H13N7/c1-7-13-3-2-8(15-7)4-14-9-5-12-6-10(16-9)17-11/h2-3,5-6H,4,11H2,1H3,(H2,14,16,17). The number of nitrogens with zero attached hydrogens (tertiary/aromatic N) is 4. The fraction of sp³-hybridized carbons (Fsp3) is 0.200. The predicted molar refractivity (Wildman–Crippen MR) is 63.9 cm³/mol. The van der Waals surface area contributed by atoms with Crippen molar-refractivity contribution >= 4 is 11.6 Å². The Morgan fingerprint density at radius 2 is 2.06 bits per heavy atom. The van der Waals surface area contributed by atoms with E-state index in [1.165, 1.54) is 0 Å². The number of nitrogens with one attached hydrogen (secondary N) is 2. The van der Waals surface area contributed by atoms with Crippen molar-refractivity contribution in [3.05, 3.63) is 36.2 Å². The highest BCUT2D eigenvalue weighted by atomic mass is 15.3. The number of anilines is 2. The highest BCUT2D eigenvalue weighted by Crippen LogP contribution is 2.06. The molecule has 0 saturated heterocycles. The summed E-state index contributed by atoms with van der Waals surface area (Å²) in [4.78, 5) is 16.5.